The second-order valence-corrected chi connectivity index (χ2v) is 7.56. The number of amides is 1. The van der Waals surface area contributed by atoms with Crippen LogP contribution in [0.2, 0.25) is 0 Å². The Kier molecular flexibility index (Phi) is 6.64. The maximum atomic E-state index is 13.0. The van der Waals surface area contributed by atoms with Gasteiger partial charge in [0.1, 0.15) is 29.5 Å². The summed E-state index contributed by atoms with van der Waals surface area (Å²) in [5.41, 5.74) is 1.64. The highest BCUT2D eigenvalue weighted by molar-refractivity contribution is 5.97. The van der Waals surface area contributed by atoms with Gasteiger partial charge in [-0.3, -0.25) is 4.79 Å². The second kappa shape index (κ2) is 9.18. The lowest BCUT2D eigenvalue weighted by atomic mass is 10.0. The molecule has 2 aromatic carbocycles. The molecule has 1 fully saturated rings. The van der Waals surface area contributed by atoms with Crippen molar-refractivity contribution < 1.29 is 24.1 Å². The summed E-state index contributed by atoms with van der Waals surface area (Å²) < 4.78 is 16.6. The van der Waals surface area contributed by atoms with Crippen LogP contribution in [-0.4, -0.2) is 55.4 Å². The van der Waals surface area contributed by atoms with Crippen molar-refractivity contribution in [1.29, 1.82) is 0 Å². The molecule has 2 aromatic rings. The molecule has 0 saturated carbocycles. The van der Waals surface area contributed by atoms with Gasteiger partial charge in [-0.2, -0.15) is 0 Å². The SMILES string of the molecule is COc1ccc(C(=O)N2CC[C@@H](Oc3cccc(C(C)C)c3)[C@H](O)C2)c(OC)c1. The van der Waals surface area contributed by atoms with Crippen LogP contribution in [-0.2, 0) is 0 Å². The highest BCUT2D eigenvalue weighted by Crippen LogP contribution is 2.28. The molecule has 0 radical (unpaired) electrons. The molecule has 1 heterocycles. The van der Waals surface area contributed by atoms with Gasteiger partial charge in [-0.05, 0) is 35.7 Å². The van der Waals surface area contributed by atoms with E-state index in [2.05, 4.69) is 19.9 Å². The highest BCUT2D eigenvalue weighted by Gasteiger charge is 2.33. The fraction of sp³-hybridized carbons (Fsp3) is 0.435. The smallest absolute Gasteiger partial charge is 0.257 e. The molecule has 0 aliphatic carbocycles. The minimum atomic E-state index is -0.764. The molecule has 3 rings (SSSR count). The van der Waals surface area contributed by atoms with Crippen molar-refractivity contribution in [2.45, 2.75) is 38.4 Å². The molecule has 1 N–H and O–H groups in total. The molecule has 29 heavy (non-hydrogen) atoms. The number of rotatable bonds is 6. The summed E-state index contributed by atoms with van der Waals surface area (Å²) in [4.78, 5) is 14.6. The van der Waals surface area contributed by atoms with Crippen molar-refractivity contribution in [3.63, 3.8) is 0 Å². The number of carbonyl (C=O) groups is 1. The number of carbonyl (C=O) groups excluding carboxylic acids is 1. The van der Waals surface area contributed by atoms with Crippen molar-refractivity contribution in [2.24, 2.45) is 0 Å². The zero-order chi connectivity index (χ0) is 21.0. The number of likely N-dealkylation sites (tertiary alicyclic amines) is 1. The predicted molar refractivity (Wildman–Crippen MR) is 111 cm³/mol. The average Bonchev–Trinajstić information content (AvgIpc) is 2.74. The van der Waals surface area contributed by atoms with Crippen LogP contribution in [0.3, 0.4) is 0 Å². The van der Waals surface area contributed by atoms with Crippen molar-refractivity contribution >= 4 is 5.91 Å². The molecule has 2 atom stereocenters. The molecule has 0 bridgehead atoms. The third-order valence-electron chi connectivity index (χ3n) is 5.26. The highest BCUT2D eigenvalue weighted by atomic mass is 16.5. The summed E-state index contributed by atoms with van der Waals surface area (Å²) in [5, 5.41) is 10.6. The molecule has 1 amide bonds. The molecular weight excluding hydrogens is 370 g/mol. The van der Waals surface area contributed by atoms with E-state index in [1.807, 2.05) is 18.2 Å². The van der Waals surface area contributed by atoms with Crippen LogP contribution in [0.5, 0.6) is 17.2 Å². The lowest BCUT2D eigenvalue weighted by Crippen LogP contribution is -2.51. The molecule has 0 unspecified atom stereocenters. The van der Waals surface area contributed by atoms with Crippen LogP contribution < -0.4 is 14.2 Å². The lowest BCUT2D eigenvalue weighted by molar-refractivity contribution is -0.0199. The first-order chi connectivity index (χ1) is 13.9. The van der Waals surface area contributed by atoms with Gasteiger partial charge < -0.3 is 24.2 Å². The number of β-amino-alcohol motifs (C(OH)–C–C–N with tert-alkyl or cyclic N) is 1. The van der Waals surface area contributed by atoms with E-state index in [-0.39, 0.29) is 18.6 Å². The number of benzene rings is 2. The Morgan fingerprint density at radius 1 is 1.10 bits per heavy atom. The minimum Gasteiger partial charge on any atom is -0.497 e. The van der Waals surface area contributed by atoms with Crippen molar-refractivity contribution in [1.82, 2.24) is 4.90 Å². The molecule has 1 aliphatic rings. The maximum Gasteiger partial charge on any atom is 0.257 e. The van der Waals surface area contributed by atoms with Crippen LogP contribution >= 0.6 is 0 Å². The van der Waals surface area contributed by atoms with Gasteiger partial charge in [0.15, 0.2) is 0 Å². The van der Waals surface area contributed by atoms with E-state index in [9.17, 15) is 9.90 Å². The van der Waals surface area contributed by atoms with E-state index < -0.39 is 6.10 Å². The van der Waals surface area contributed by atoms with E-state index in [4.69, 9.17) is 14.2 Å². The summed E-state index contributed by atoms with van der Waals surface area (Å²) >= 11 is 0. The van der Waals surface area contributed by atoms with E-state index in [0.717, 1.165) is 5.75 Å². The standard InChI is InChI=1S/C23H29NO5/c1-15(2)16-6-5-7-18(12-16)29-21-10-11-24(14-20(21)25)23(26)19-9-8-17(27-3)13-22(19)28-4/h5-9,12-13,15,20-21,25H,10-11,14H2,1-4H3/t20-,21-/m1/s1. The summed E-state index contributed by atoms with van der Waals surface area (Å²) in [5.74, 6) is 2.05. The average molecular weight is 399 g/mol. The lowest BCUT2D eigenvalue weighted by Gasteiger charge is -2.36. The first-order valence-electron chi connectivity index (χ1n) is 9.89. The number of hydrogen-bond acceptors (Lipinski definition) is 5. The molecule has 1 saturated heterocycles. The summed E-state index contributed by atoms with van der Waals surface area (Å²) in [6, 6.07) is 13.0. The Bertz CT molecular complexity index is 851. The van der Waals surface area contributed by atoms with Gasteiger partial charge in [-0.15, -0.1) is 0 Å². The normalized spacial score (nSPS) is 19.2. The van der Waals surface area contributed by atoms with Gasteiger partial charge in [0.2, 0.25) is 0 Å². The number of piperidine rings is 1. The summed E-state index contributed by atoms with van der Waals surface area (Å²) in [6.07, 6.45) is -0.559. The van der Waals surface area contributed by atoms with Gasteiger partial charge in [-0.1, -0.05) is 26.0 Å². The summed E-state index contributed by atoms with van der Waals surface area (Å²) in [6.45, 7) is 4.97. The monoisotopic (exact) mass is 399 g/mol. The van der Waals surface area contributed by atoms with E-state index in [0.29, 0.717) is 35.9 Å². The summed E-state index contributed by atoms with van der Waals surface area (Å²) in [7, 11) is 3.08. The quantitative estimate of drug-likeness (QED) is 0.805. The molecule has 1 aliphatic heterocycles. The zero-order valence-electron chi connectivity index (χ0n) is 17.4. The Labute approximate surface area is 172 Å². The van der Waals surface area contributed by atoms with Crippen LogP contribution in [0.4, 0.5) is 0 Å². The molecule has 0 aromatic heterocycles. The van der Waals surface area contributed by atoms with Crippen molar-refractivity contribution in [3.05, 3.63) is 53.6 Å². The molecule has 0 spiro atoms. The van der Waals surface area contributed by atoms with Gasteiger partial charge in [0.25, 0.3) is 5.91 Å². The number of hydrogen-bond donors (Lipinski definition) is 1. The zero-order valence-corrected chi connectivity index (χ0v) is 17.4. The number of aliphatic hydroxyl groups is 1. The van der Waals surface area contributed by atoms with Gasteiger partial charge >= 0.3 is 0 Å². The maximum absolute atomic E-state index is 13.0. The predicted octanol–water partition coefficient (Wildman–Crippen LogP) is 3.48. The van der Waals surface area contributed by atoms with Crippen molar-refractivity contribution in [3.8, 4) is 17.2 Å². The molecule has 156 valence electrons. The fourth-order valence-electron chi connectivity index (χ4n) is 3.50. The Morgan fingerprint density at radius 3 is 2.55 bits per heavy atom. The first-order valence-corrected chi connectivity index (χ1v) is 9.89. The fourth-order valence-corrected chi connectivity index (χ4v) is 3.50. The van der Waals surface area contributed by atoms with E-state index in [1.165, 1.54) is 12.7 Å². The van der Waals surface area contributed by atoms with E-state index in [1.54, 1.807) is 30.2 Å². The van der Waals surface area contributed by atoms with Gasteiger partial charge in [-0.25, -0.2) is 0 Å². The Morgan fingerprint density at radius 2 is 1.90 bits per heavy atom. The number of aliphatic hydroxyl groups excluding tert-OH is 1. The second-order valence-electron chi connectivity index (χ2n) is 7.56. The number of nitrogens with zero attached hydrogens (tertiary/aromatic N) is 1. The van der Waals surface area contributed by atoms with Crippen LogP contribution in [0, 0.1) is 0 Å². The largest absolute Gasteiger partial charge is 0.497 e. The number of ether oxygens (including phenoxy) is 3. The topological polar surface area (TPSA) is 68.2 Å². The van der Waals surface area contributed by atoms with Crippen molar-refractivity contribution in [2.75, 3.05) is 27.3 Å². The third-order valence-corrected chi connectivity index (χ3v) is 5.26. The van der Waals surface area contributed by atoms with Crippen LogP contribution in [0.1, 0.15) is 42.1 Å². The minimum absolute atomic E-state index is 0.177. The molecular formula is C23H29NO5. The molecule has 6 heteroatoms. The van der Waals surface area contributed by atoms with E-state index >= 15 is 0 Å². The van der Waals surface area contributed by atoms with Crippen LogP contribution in [0.15, 0.2) is 42.5 Å². The number of methoxy groups -OCH3 is 2. The van der Waals surface area contributed by atoms with Gasteiger partial charge in [0.05, 0.1) is 26.3 Å². The van der Waals surface area contributed by atoms with Gasteiger partial charge in [0, 0.05) is 19.0 Å². The Balaban J connectivity index is 1.67. The first kappa shape index (κ1) is 21.0. The molecule has 6 nitrogen and oxygen atoms in total. The third kappa shape index (κ3) is 4.82. The Hall–Kier alpha value is -2.73. The van der Waals surface area contributed by atoms with Crippen LogP contribution in [0.25, 0.3) is 0 Å².